The van der Waals surface area contributed by atoms with E-state index in [9.17, 15) is 18.0 Å². The summed E-state index contributed by atoms with van der Waals surface area (Å²) in [5.74, 6) is 0. The molecular formula is C19H19ClF3N3O. The Labute approximate surface area is 160 Å². The van der Waals surface area contributed by atoms with Gasteiger partial charge in [-0.15, -0.1) is 0 Å². The van der Waals surface area contributed by atoms with E-state index in [2.05, 4.69) is 10.2 Å². The lowest BCUT2D eigenvalue weighted by molar-refractivity contribution is -0.136. The zero-order valence-corrected chi connectivity index (χ0v) is 15.4. The number of nitrogens with one attached hydrogen (secondary N) is 1. The average molecular weight is 398 g/mol. The van der Waals surface area contributed by atoms with Crippen LogP contribution in [0.4, 0.5) is 29.3 Å². The van der Waals surface area contributed by atoms with Crippen molar-refractivity contribution in [1.29, 1.82) is 0 Å². The standard InChI is InChI=1S/C19H19ClF3N3O/c1-13-2-5-15(6-3-13)25-8-10-26(11-9-25)18(27)24-17-7-4-14(20)12-16(17)19(21,22)23/h2-7,12H,8-11H2,1H3,(H,24,27). The smallest absolute Gasteiger partial charge is 0.368 e. The van der Waals surface area contributed by atoms with Crippen LogP contribution >= 0.6 is 11.6 Å². The molecule has 1 N–H and O–H groups in total. The Kier molecular flexibility index (Phi) is 5.51. The van der Waals surface area contributed by atoms with Gasteiger partial charge in [-0.2, -0.15) is 13.2 Å². The minimum absolute atomic E-state index is 0.0352. The Balaban J connectivity index is 1.64. The van der Waals surface area contributed by atoms with Crippen LogP contribution in [0.25, 0.3) is 0 Å². The van der Waals surface area contributed by atoms with Crippen molar-refractivity contribution in [1.82, 2.24) is 4.90 Å². The quantitative estimate of drug-likeness (QED) is 0.772. The number of amides is 2. The van der Waals surface area contributed by atoms with Crippen molar-refractivity contribution >= 4 is 29.0 Å². The van der Waals surface area contributed by atoms with Crippen LogP contribution in [-0.4, -0.2) is 37.1 Å². The number of benzene rings is 2. The van der Waals surface area contributed by atoms with E-state index in [0.717, 1.165) is 11.8 Å². The van der Waals surface area contributed by atoms with Crippen molar-refractivity contribution < 1.29 is 18.0 Å². The highest BCUT2D eigenvalue weighted by atomic mass is 35.5. The number of hydrogen-bond donors (Lipinski definition) is 1. The second-order valence-corrected chi connectivity index (χ2v) is 6.86. The summed E-state index contributed by atoms with van der Waals surface area (Å²) in [7, 11) is 0. The maximum absolute atomic E-state index is 13.2. The normalized spacial score (nSPS) is 15.0. The number of piperazine rings is 1. The van der Waals surface area contributed by atoms with Gasteiger partial charge < -0.3 is 15.1 Å². The number of halogens is 4. The van der Waals surface area contributed by atoms with Gasteiger partial charge in [0.25, 0.3) is 0 Å². The molecule has 27 heavy (non-hydrogen) atoms. The molecule has 1 fully saturated rings. The predicted molar refractivity (Wildman–Crippen MR) is 100 cm³/mol. The van der Waals surface area contributed by atoms with Crippen LogP contribution in [-0.2, 0) is 6.18 Å². The summed E-state index contributed by atoms with van der Waals surface area (Å²) in [5.41, 5.74) is 0.984. The lowest BCUT2D eigenvalue weighted by Crippen LogP contribution is -2.50. The molecule has 3 rings (SSSR count). The molecule has 0 aliphatic carbocycles. The minimum atomic E-state index is -4.60. The molecule has 0 atom stereocenters. The SMILES string of the molecule is Cc1ccc(N2CCN(C(=O)Nc3ccc(Cl)cc3C(F)(F)F)CC2)cc1. The molecule has 1 heterocycles. The third-order valence-corrected chi connectivity index (χ3v) is 4.73. The molecule has 0 spiro atoms. The highest BCUT2D eigenvalue weighted by molar-refractivity contribution is 6.30. The monoisotopic (exact) mass is 397 g/mol. The Morgan fingerprint density at radius 3 is 2.26 bits per heavy atom. The van der Waals surface area contributed by atoms with Gasteiger partial charge in [-0.05, 0) is 37.3 Å². The number of carbonyl (C=O) groups excluding carboxylic acids is 1. The molecule has 1 aliphatic heterocycles. The number of rotatable bonds is 2. The van der Waals surface area contributed by atoms with Crippen molar-refractivity contribution in [2.75, 3.05) is 36.4 Å². The van der Waals surface area contributed by atoms with E-state index in [1.165, 1.54) is 22.6 Å². The van der Waals surface area contributed by atoms with Crippen LogP contribution in [0.15, 0.2) is 42.5 Å². The van der Waals surface area contributed by atoms with E-state index in [0.29, 0.717) is 26.2 Å². The number of hydrogen-bond acceptors (Lipinski definition) is 2. The van der Waals surface area contributed by atoms with Gasteiger partial charge in [0.2, 0.25) is 0 Å². The summed E-state index contributed by atoms with van der Waals surface area (Å²) in [6.07, 6.45) is -4.60. The van der Waals surface area contributed by atoms with Crippen LogP contribution < -0.4 is 10.2 Å². The summed E-state index contributed by atoms with van der Waals surface area (Å²) in [4.78, 5) is 16.1. The fourth-order valence-electron chi connectivity index (χ4n) is 2.98. The number of carbonyl (C=O) groups is 1. The van der Waals surface area contributed by atoms with E-state index in [1.54, 1.807) is 0 Å². The van der Waals surface area contributed by atoms with Crippen molar-refractivity contribution in [3.05, 3.63) is 58.6 Å². The van der Waals surface area contributed by atoms with Gasteiger partial charge in [0.1, 0.15) is 0 Å². The topological polar surface area (TPSA) is 35.6 Å². The number of aryl methyl sites for hydroxylation is 1. The predicted octanol–water partition coefficient (Wildman–Crippen LogP) is 5.02. The molecule has 1 saturated heterocycles. The van der Waals surface area contributed by atoms with E-state index in [1.807, 2.05) is 31.2 Å². The number of nitrogens with zero attached hydrogens (tertiary/aromatic N) is 2. The maximum Gasteiger partial charge on any atom is 0.418 e. The molecule has 0 saturated carbocycles. The molecule has 4 nitrogen and oxygen atoms in total. The average Bonchev–Trinajstić information content (AvgIpc) is 2.63. The molecule has 0 radical (unpaired) electrons. The van der Waals surface area contributed by atoms with E-state index in [4.69, 9.17) is 11.6 Å². The van der Waals surface area contributed by atoms with Gasteiger partial charge in [-0.25, -0.2) is 4.79 Å². The van der Waals surface area contributed by atoms with Gasteiger partial charge in [-0.1, -0.05) is 29.3 Å². The van der Waals surface area contributed by atoms with Crippen LogP contribution in [0.3, 0.4) is 0 Å². The van der Waals surface area contributed by atoms with Crippen molar-refractivity contribution in [2.24, 2.45) is 0 Å². The van der Waals surface area contributed by atoms with Gasteiger partial charge in [0.05, 0.1) is 11.3 Å². The third-order valence-electron chi connectivity index (χ3n) is 4.49. The molecule has 0 bridgehead atoms. The second kappa shape index (κ2) is 7.68. The highest BCUT2D eigenvalue weighted by Gasteiger charge is 2.34. The van der Waals surface area contributed by atoms with E-state index in [-0.39, 0.29) is 10.7 Å². The molecule has 144 valence electrons. The van der Waals surface area contributed by atoms with Crippen molar-refractivity contribution in [2.45, 2.75) is 13.1 Å². The fourth-order valence-corrected chi connectivity index (χ4v) is 3.15. The first-order valence-corrected chi connectivity index (χ1v) is 8.86. The molecule has 2 aromatic rings. The van der Waals surface area contributed by atoms with Crippen LogP contribution in [0.2, 0.25) is 5.02 Å². The highest BCUT2D eigenvalue weighted by Crippen LogP contribution is 2.36. The summed E-state index contributed by atoms with van der Waals surface area (Å²) in [6.45, 7) is 4.09. The first-order chi connectivity index (χ1) is 12.7. The second-order valence-electron chi connectivity index (χ2n) is 6.43. The summed E-state index contributed by atoms with van der Waals surface area (Å²) in [6, 6.07) is 10.8. The maximum atomic E-state index is 13.2. The Morgan fingerprint density at radius 1 is 1.04 bits per heavy atom. The van der Waals surface area contributed by atoms with Gasteiger partial charge in [0.15, 0.2) is 0 Å². The van der Waals surface area contributed by atoms with E-state index < -0.39 is 17.8 Å². The summed E-state index contributed by atoms with van der Waals surface area (Å²) in [5, 5.41) is 2.33. The Morgan fingerprint density at radius 2 is 1.67 bits per heavy atom. The van der Waals surface area contributed by atoms with Gasteiger partial charge in [-0.3, -0.25) is 0 Å². The molecule has 2 aromatic carbocycles. The Bertz CT molecular complexity index is 816. The van der Waals surface area contributed by atoms with E-state index >= 15 is 0 Å². The fraction of sp³-hybridized carbons (Fsp3) is 0.316. The molecular weight excluding hydrogens is 379 g/mol. The van der Waals surface area contributed by atoms with Crippen LogP contribution in [0.5, 0.6) is 0 Å². The number of anilines is 2. The first-order valence-electron chi connectivity index (χ1n) is 8.48. The largest absolute Gasteiger partial charge is 0.418 e. The molecule has 0 aromatic heterocycles. The molecule has 0 unspecified atom stereocenters. The lowest BCUT2D eigenvalue weighted by Gasteiger charge is -2.36. The van der Waals surface area contributed by atoms with Crippen LogP contribution in [0.1, 0.15) is 11.1 Å². The lowest BCUT2D eigenvalue weighted by atomic mass is 10.1. The zero-order valence-electron chi connectivity index (χ0n) is 14.7. The summed E-state index contributed by atoms with van der Waals surface area (Å²) >= 11 is 5.66. The third kappa shape index (κ3) is 4.66. The molecule has 8 heteroatoms. The molecule has 2 amide bonds. The minimum Gasteiger partial charge on any atom is -0.368 e. The van der Waals surface area contributed by atoms with Crippen molar-refractivity contribution in [3.8, 4) is 0 Å². The van der Waals surface area contributed by atoms with Gasteiger partial charge in [0, 0.05) is 36.9 Å². The molecule has 1 aliphatic rings. The first kappa shape index (κ1) is 19.4. The number of alkyl halides is 3. The zero-order chi connectivity index (χ0) is 19.6. The van der Waals surface area contributed by atoms with Gasteiger partial charge >= 0.3 is 12.2 Å². The number of urea groups is 1. The van der Waals surface area contributed by atoms with Crippen molar-refractivity contribution in [3.63, 3.8) is 0 Å². The summed E-state index contributed by atoms with van der Waals surface area (Å²) < 4.78 is 39.5. The Hall–Kier alpha value is -2.41. The van der Waals surface area contributed by atoms with Crippen LogP contribution in [0, 0.1) is 6.92 Å².